The standard InChI is InChI=1S/C26H29N6O9P/c1-17(23(35)38-15-18-9-5-3-6-10-18)29-42(37,41-19-11-7-4-8-12-19)39-16-20-22(34)26(2,30-31-27)24(40-20)32-14-13-21(33)28-25(32)36/h3-14,17,20,22,24,34H,15-16H2,1-2H3,(H,29,37)(H,28,33,36)/t17-,20+,22+,24+,26+,42?/m0/s1. The number of carbonyl (C=O) groups is 1. The lowest BCUT2D eigenvalue weighted by atomic mass is 9.93. The number of hydrogen-bond donors (Lipinski definition) is 3. The molecule has 1 fully saturated rings. The number of benzene rings is 2. The van der Waals surface area contributed by atoms with Crippen molar-refractivity contribution in [2.24, 2.45) is 5.11 Å². The molecule has 1 aliphatic rings. The Morgan fingerprint density at radius 2 is 1.88 bits per heavy atom. The Morgan fingerprint density at radius 3 is 2.52 bits per heavy atom. The van der Waals surface area contributed by atoms with Gasteiger partial charge in [-0.05, 0) is 37.1 Å². The van der Waals surface area contributed by atoms with Crippen LogP contribution >= 0.6 is 7.75 Å². The van der Waals surface area contributed by atoms with Gasteiger partial charge in [0, 0.05) is 17.2 Å². The summed E-state index contributed by atoms with van der Waals surface area (Å²) in [6.45, 7) is 2.16. The van der Waals surface area contributed by atoms with Crippen LogP contribution in [-0.2, 0) is 30.0 Å². The van der Waals surface area contributed by atoms with Crippen molar-refractivity contribution in [1.82, 2.24) is 14.6 Å². The molecule has 1 aliphatic heterocycles. The molecule has 0 radical (unpaired) electrons. The van der Waals surface area contributed by atoms with Gasteiger partial charge in [0.25, 0.3) is 5.56 Å². The fraction of sp³-hybridized carbons (Fsp3) is 0.346. The second-order valence-corrected chi connectivity index (χ2v) is 11.2. The Hall–Kier alpha value is -4.23. The van der Waals surface area contributed by atoms with Crippen LogP contribution in [0.1, 0.15) is 25.6 Å². The molecule has 42 heavy (non-hydrogen) atoms. The van der Waals surface area contributed by atoms with Gasteiger partial charge < -0.3 is 19.1 Å². The smallest absolute Gasteiger partial charge is 0.459 e. The number of aliphatic hydroxyl groups is 1. The highest BCUT2D eigenvalue weighted by atomic mass is 31.2. The Bertz CT molecular complexity index is 1590. The number of azide groups is 1. The fourth-order valence-electron chi connectivity index (χ4n) is 4.22. The molecule has 1 aromatic heterocycles. The minimum Gasteiger partial charge on any atom is -0.460 e. The van der Waals surface area contributed by atoms with Crippen molar-refractivity contribution in [3.63, 3.8) is 0 Å². The van der Waals surface area contributed by atoms with Gasteiger partial charge in [-0.1, -0.05) is 53.6 Å². The van der Waals surface area contributed by atoms with E-state index in [1.54, 1.807) is 42.5 Å². The molecule has 0 saturated carbocycles. The van der Waals surface area contributed by atoms with E-state index in [2.05, 4.69) is 20.1 Å². The number of carbonyl (C=O) groups excluding carboxylic acids is 1. The van der Waals surface area contributed by atoms with E-state index in [0.29, 0.717) is 0 Å². The first-order valence-corrected chi connectivity index (χ1v) is 14.3. The third-order valence-electron chi connectivity index (χ3n) is 6.43. The number of H-pyrrole nitrogens is 1. The van der Waals surface area contributed by atoms with Crippen molar-refractivity contribution < 1.29 is 33.0 Å². The molecule has 1 unspecified atom stereocenters. The SMILES string of the molecule is C[C@H](NP(=O)(OC[C@H]1O[C@@H](n2ccc(=O)[nH]c2=O)[C@](C)(N=[N+]=[N-])[C@@H]1O)Oc1ccccc1)C(=O)OCc1ccccc1. The highest BCUT2D eigenvalue weighted by Crippen LogP contribution is 2.47. The largest absolute Gasteiger partial charge is 0.460 e. The average molecular weight is 601 g/mol. The Kier molecular flexibility index (Phi) is 9.63. The first kappa shape index (κ1) is 30.7. The van der Waals surface area contributed by atoms with Crippen LogP contribution in [-0.4, -0.2) is 51.0 Å². The number of aromatic amines is 1. The van der Waals surface area contributed by atoms with Crippen LogP contribution in [0.25, 0.3) is 10.4 Å². The summed E-state index contributed by atoms with van der Waals surface area (Å²) in [5.41, 5.74) is 6.64. The monoisotopic (exact) mass is 600 g/mol. The van der Waals surface area contributed by atoms with Crippen molar-refractivity contribution in [2.45, 2.75) is 50.5 Å². The van der Waals surface area contributed by atoms with Gasteiger partial charge in [0.2, 0.25) is 0 Å². The number of esters is 1. The van der Waals surface area contributed by atoms with Gasteiger partial charge in [-0.2, -0.15) is 5.09 Å². The predicted molar refractivity (Wildman–Crippen MR) is 148 cm³/mol. The molecule has 1 saturated heterocycles. The summed E-state index contributed by atoms with van der Waals surface area (Å²) in [6, 6.07) is 16.9. The van der Waals surface area contributed by atoms with E-state index in [1.165, 1.54) is 26.0 Å². The topological polar surface area (TPSA) is 207 Å². The van der Waals surface area contributed by atoms with Gasteiger partial charge in [-0.15, -0.1) is 0 Å². The lowest BCUT2D eigenvalue weighted by Gasteiger charge is -2.28. The molecule has 4 rings (SSSR count). The van der Waals surface area contributed by atoms with E-state index in [4.69, 9.17) is 24.1 Å². The number of para-hydroxylation sites is 1. The molecule has 3 aromatic rings. The Morgan fingerprint density at radius 1 is 1.21 bits per heavy atom. The maximum atomic E-state index is 13.9. The summed E-state index contributed by atoms with van der Waals surface area (Å²) in [5, 5.41) is 17.3. The second kappa shape index (κ2) is 13.2. The molecule has 16 heteroatoms. The number of aromatic nitrogens is 2. The summed E-state index contributed by atoms with van der Waals surface area (Å²) in [6.07, 6.45) is -3.09. The van der Waals surface area contributed by atoms with Crippen molar-refractivity contribution in [1.29, 1.82) is 0 Å². The molecular weight excluding hydrogens is 571 g/mol. The molecular formula is C26H29N6O9P. The first-order valence-electron chi connectivity index (χ1n) is 12.7. The zero-order valence-electron chi connectivity index (χ0n) is 22.6. The summed E-state index contributed by atoms with van der Waals surface area (Å²) >= 11 is 0. The van der Waals surface area contributed by atoms with Crippen LogP contribution in [0.5, 0.6) is 5.75 Å². The molecule has 0 spiro atoms. The van der Waals surface area contributed by atoms with Crippen LogP contribution in [0.2, 0.25) is 0 Å². The van der Waals surface area contributed by atoms with Gasteiger partial charge in [-0.3, -0.25) is 23.7 Å². The van der Waals surface area contributed by atoms with Crippen molar-refractivity contribution in [2.75, 3.05) is 6.61 Å². The van der Waals surface area contributed by atoms with E-state index < -0.39 is 61.6 Å². The van der Waals surface area contributed by atoms with Crippen LogP contribution < -0.4 is 20.9 Å². The number of nitrogens with one attached hydrogen (secondary N) is 2. The maximum Gasteiger partial charge on any atom is 0.459 e. The molecule has 3 N–H and O–H groups in total. The highest BCUT2D eigenvalue weighted by Gasteiger charge is 2.55. The second-order valence-electron chi connectivity index (χ2n) is 9.55. The van der Waals surface area contributed by atoms with Crippen molar-refractivity contribution in [3.05, 3.63) is 110 Å². The van der Waals surface area contributed by atoms with Gasteiger partial charge in [0.1, 0.15) is 30.0 Å². The van der Waals surface area contributed by atoms with Crippen molar-refractivity contribution >= 4 is 13.7 Å². The minimum absolute atomic E-state index is 0.0119. The van der Waals surface area contributed by atoms with Gasteiger partial charge in [-0.25, -0.2) is 9.36 Å². The lowest BCUT2D eigenvalue weighted by molar-refractivity contribution is -0.146. The number of aliphatic hydroxyl groups excluding tert-OH is 1. The molecule has 15 nitrogen and oxygen atoms in total. The van der Waals surface area contributed by atoms with Crippen LogP contribution in [0.3, 0.4) is 0 Å². The van der Waals surface area contributed by atoms with E-state index in [1.807, 2.05) is 6.07 Å². The van der Waals surface area contributed by atoms with Crippen molar-refractivity contribution in [3.8, 4) is 5.75 Å². The number of ether oxygens (including phenoxy) is 2. The van der Waals surface area contributed by atoms with E-state index >= 15 is 0 Å². The third-order valence-corrected chi connectivity index (χ3v) is 8.07. The molecule has 0 amide bonds. The average Bonchev–Trinajstić information content (AvgIpc) is 3.21. The van der Waals surface area contributed by atoms with Crippen LogP contribution in [0, 0.1) is 0 Å². The van der Waals surface area contributed by atoms with E-state index in [9.17, 15) is 24.1 Å². The number of hydrogen-bond acceptors (Lipinski definition) is 10. The molecule has 0 bridgehead atoms. The van der Waals surface area contributed by atoms with Gasteiger partial charge in [0.05, 0.1) is 12.7 Å². The number of rotatable bonds is 12. The summed E-state index contributed by atoms with van der Waals surface area (Å²) < 4.78 is 37.2. The highest BCUT2D eigenvalue weighted by molar-refractivity contribution is 7.52. The van der Waals surface area contributed by atoms with Crippen LogP contribution in [0.15, 0.2) is 87.6 Å². The molecule has 6 atom stereocenters. The minimum atomic E-state index is -4.35. The fourth-order valence-corrected chi connectivity index (χ4v) is 5.72. The first-order chi connectivity index (χ1) is 20.0. The summed E-state index contributed by atoms with van der Waals surface area (Å²) in [4.78, 5) is 41.5. The Labute approximate surface area is 239 Å². The Balaban J connectivity index is 1.52. The maximum absolute atomic E-state index is 13.9. The van der Waals surface area contributed by atoms with E-state index in [-0.39, 0.29) is 12.4 Å². The normalized spacial score (nSPS) is 23.7. The number of nitrogens with zero attached hydrogens (tertiary/aromatic N) is 4. The third kappa shape index (κ3) is 7.15. The van der Waals surface area contributed by atoms with Gasteiger partial charge in [0.15, 0.2) is 6.23 Å². The molecule has 2 aromatic carbocycles. The summed E-state index contributed by atoms with van der Waals surface area (Å²) in [7, 11) is -4.35. The summed E-state index contributed by atoms with van der Waals surface area (Å²) in [5.74, 6) is -0.576. The predicted octanol–water partition coefficient (Wildman–Crippen LogP) is 2.79. The molecule has 0 aliphatic carbocycles. The zero-order valence-corrected chi connectivity index (χ0v) is 23.5. The van der Waals surface area contributed by atoms with Crippen LogP contribution in [0.4, 0.5) is 0 Å². The van der Waals surface area contributed by atoms with E-state index in [0.717, 1.165) is 22.4 Å². The van der Waals surface area contributed by atoms with Gasteiger partial charge >= 0.3 is 19.4 Å². The lowest BCUT2D eigenvalue weighted by Crippen LogP contribution is -2.45. The molecule has 222 valence electrons. The quantitative estimate of drug-likeness (QED) is 0.0910. The zero-order chi connectivity index (χ0) is 30.3. The molecule has 2 heterocycles.